The summed E-state index contributed by atoms with van der Waals surface area (Å²) in [5.41, 5.74) is 7.48. The molecular formula is C10H17N3O4. The van der Waals surface area contributed by atoms with Crippen LogP contribution in [0.1, 0.15) is 33.6 Å². The molecule has 0 aliphatic heterocycles. The van der Waals surface area contributed by atoms with Gasteiger partial charge in [-0.2, -0.15) is 0 Å². The molecule has 0 radical (unpaired) electrons. The molecule has 1 fully saturated rings. The van der Waals surface area contributed by atoms with Gasteiger partial charge in [0.1, 0.15) is 11.0 Å². The van der Waals surface area contributed by atoms with Crippen molar-refractivity contribution >= 4 is 17.9 Å². The lowest BCUT2D eigenvalue weighted by Crippen LogP contribution is -2.49. The minimum Gasteiger partial charge on any atom is -0.443 e. The lowest BCUT2D eigenvalue weighted by atomic mass is 10.1. The van der Waals surface area contributed by atoms with Gasteiger partial charge in [0.15, 0.2) is 0 Å². The monoisotopic (exact) mass is 243 g/mol. The van der Waals surface area contributed by atoms with E-state index < -0.39 is 28.9 Å². The van der Waals surface area contributed by atoms with E-state index in [4.69, 9.17) is 10.5 Å². The van der Waals surface area contributed by atoms with Crippen molar-refractivity contribution in [3.05, 3.63) is 0 Å². The number of hydrazine groups is 1. The summed E-state index contributed by atoms with van der Waals surface area (Å²) in [6, 6.07) is 0. The van der Waals surface area contributed by atoms with Crippen molar-refractivity contribution in [3.63, 3.8) is 0 Å². The Balaban J connectivity index is 2.40. The number of nitrogens with two attached hydrogens (primary N) is 1. The SMILES string of the molecule is CC(C)(C)OC(=O)NNC(=O)C1(C(N)=O)CC1. The summed E-state index contributed by atoms with van der Waals surface area (Å²) < 4.78 is 4.90. The zero-order valence-corrected chi connectivity index (χ0v) is 10.1. The highest BCUT2D eigenvalue weighted by atomic mass is 16.6. The van der Waals surface area contributed by atoms with Gasteiger partial charge in [-0.25, -0.2) is 10.2 Å². The predicted molar refractivity (Wildman–Crippen MR) is 58.4 cm³/mol. The Morgan fingerprint density at radius 2 is 1.71 bits per heavy atom. The topological polar surface area (TPSA) is 111 Å². The molecule has 3 amide bonds. The molecule has 17 heavy (non-hydrogen) atoms. The molecule has 0 spiro atoms. The molecule has 0 bridgehead atoms. The highest BCUT2D eigenvalue weighted by Gasteiger charge is 2.55. The maximum Gasteiger partial charge on any atom is 0.426 e. The first-order chi connectivity index (χ1) is 7.67. The van der Waals surface area contributed by atoms with Crippen LogP contribution in [-0.2, 0) is 14.3 Å². The number of carbonyl (C=O) groups excluding carboxylic acids is 3. The van der Waals surface area contributed by atoms with Crippen LogP contribution in [0.3, 0.4) is 0 Å². The summed E-state index contributed by atoms with van der Waals surface area (Å²) in [4.78, 5) is 33.8. The zero-order chi connectivity index (χ0) is 13.3. The van der Waals surface area contributed by atoms with Crippen LogP contribution in [0.5, 0.6) is 0 Å². The highest BCUT2D eigenvalue weighted by Crippen LogP contribution is 2.45. The van der Waals surface area contributed by atoms with Gasteiger partial charge in [-0.05, 0) is 33.6 Å². The number of ether oxygens (including phenoxy) is 1. The molecule has 1 aliphatic rings. The minimum absolute atomic E-state index is 0.407. The summed E-state index contributed by atoms with van der Waals surface area (Å²) in [6.07, 6.45) is 0.0278. The maximum absolute atomic E-state index is 11.6. The van der Waals surface area contributed by atoms with Crippen LogP contribution >= 0.6 is 0 Å². The predicted octanol–water partition coefficient (Wildman–Crippen LogP) is -0.192. The molecule has 0 unspecified atom stereocenters. The van der Waals surface area contributed by atoms with Gasteiger partial charge >= 0.3 is 6.09 Å². The van der Waals surface area contributed by atoms with Gasteiger partial charge in [0.2, 0.25) is 5.91 Å². The second-order valence-corrected chi connectivity index (χ2v) is 5.03. The number of carbonyl (C=O) groups is 3. The maximum atomic E-state index is 11.6. The third kappa shape index (κ3) is 3.33. The molecule has 0 aromatic heterocycles. The van der Waals surface area contributed by atoms with Crippen molar-refractivity contribution in [1.29, 1.82) is 0 Å². The van der Waals surface area contributed by atoms with Crippen LogP contribution < -0.4 is 16.6 Å². The fraction of sp³-hybridized carbons (Fsp3) is 0.700. The Morgan fingerprint density at radius 3 is 2.06 bits per heavy atom. The number of hydrogen-bond acceptors (Lipinski definition) is 4. The van der Waals surface area contributed by atoms with E-state index in [-0.39, 0.29) is 0 Å². The molecule has 0 aromatic rings. The molecule has 4 N–H and O–H groups in total. The molecule has 1 rings (SSSR count). The second-order valence-electron chi connectivity index (χ2n) is 5.03. The van der Waals surface area contributed by atoms with Gasteiger partial charge < -0.3 is 10.5 Å². The fourth-order valence-electron chi connectivity index (χ4n) is 1.24. The van der Waals surface area contributed by atoms with E-state index in [9.17, 15) is 14.4 Å². The van der Waals surface area contributed by atoms with Gasteiger partial charge in [0.05, 0.1) is 0 Å². The minimum atomic E-state index is -1.16. The van der Waals surface area contributed by atoms with Gasteiger partial charge in [0, 0.05) is 0 Å². The van der Waals surface area contributed by atoms with E-state index in [1.807, 2.05) is 0 Å². The zero-order valence-electron chi connectivity index (χ0n) is 10.1. The summed E-state index contributed by atoms with van der Waals surface area (Å²) >= 11 is 0. The van der Waals surface area contributed by atoms with E-state index in [1.165, 1.54) is 0 Å². The molecule has 0 atom stereocenters. The van der Waals surface area contributed by atoms with Crippen molar-refractivity contribution in [2.45, 2.75) is 39.2 Å². The molecule has 0 saturated heterocycles. The van der Waals surface area contributed by atoms with Gasteiger partial charge in [-0.15, -0.1) is 0 Å². The average molecular weight is 243 g/mol. The smallest absolute Gasteiger partial charge is 0.426 e. The third-order valence-electron chi connectivity index (χ3n) is 2.33. The van der Waals surface area contributed by atoms with E-state index in [2.05, 4.69) is 10.9 Å². The Bertz CT molecular complexity index is 355. The van der Waals surface area contributed by atoms with Gasteiger partial charge in [-0.1, -0.05) is 0 Å². The molecule has 0 aromatic carbocycles. The van der Waals surface area contributed by atoms with Crippen molar-refractivity contribution in [3.8, 4) is 0 Å². The molecule has 96 valence electrons. The van der Waals surface area contributed by atoms with E-state index in [0.717, 1.165) is 0 Å². The first-order valence-electron chi connectivity index (χ1n) is 5.27. The van der Waals surface area contributed by atoms with Crippen LogP contribution in [0, 0.1) is 5.41 Å². The average Bonchev–Trinajstić information content (AvgIpc) is 2.91. The van der Waals surface area contributed by atoms with E-state index in [0.29, 0.717) is 12.8 Å². The largest absolute Gasteiger partial charge is 0.443 e. The van der Waals surface area contributed by atoms with Crippen molar-refractivity contribution in [2.75, 3.05) is 0 Å². The van der Waals surface area contributed by atoms with Crippen molar-refractivity contribution < 1.29 is 19.1 Å². The molecule has 7 nitrogen and oxygen atoms in total. The molecule has 0 heterocycles. The first-order valence-corrected chi connectivity index (χ1v) is 5.27. The van der Waals surface area contributed by atoms with E-state index >= 15 is 0 Å². The molecule has 1 saturated carbocycles. The number of amides is 3. The van der Waals surface area contributed by atoms with Crippen molar-refractivity contribution in [2.24, 2.45) is 11.1 Å². The molecular weight excluding hydrogens is 226 g/mol. The van der Waals surface area contributed by atoms with Crippen LogP contribution in [-0.4, -0.2) is 23.5 Å². The Morgan fingerprint density at radius 1 is 1.18 bits per heavy atom. The second kappa shape index (κ2) is 4.23. The summed E-state index contributed by atoms with van der Waals surface area (Å²) in [6.45, 7) is 5.08. The number of hydrogen-bond donors (Lipinski definition) is 3. The number of primary amides is 1. The Hall–Kier alpha value is -1.79. The van der Waals surface area contributed by atoms with Crippen molar-refractivity contribution in [1.82, 2.24) is 10.9 Å². The molecule has 7 heteroatoms. The summed E-state index contributed by atoms with van der Waals surface area (Å²) in [5, 5.41) is 0. The van der Waals surface area contributed by atoms with Crippen LogP contribution in [0.4, 0.5) is 4.79 Å². The summed E-state index contributed by atoms with van der Waals surface area (Å²) in [5.74, 6) is -1.28. The third-order valence-corrected chi connectivity index (χ3v) is 2.33. The fourth-order valence-corrected chi connectivity index (χ4v) is 1.24. The lowest BCUT2D eigenvalue weighted by Gasteiger charge is -2.20. The van der Waals surface area contributed by atoms with Gasteiger partial charge in [-0.3, -0.25) is 15.0 Å². The summed E-state index contributed by atoms with van der Waals surface area (Å²) in [7, 11) is 0. The van der Waals surface area contributed by atoms with Crippen LogP contribution in [0.25, 0.3) is 0 Å². The van der Waals surface area contributed by atoms with Crippen LogP contribution in [0.2, 0.25) is 0 Å². The quantitative estimate of drug-likeness (QED) is 0.461. The van der Waals surface area contributed by atoms with Crippen LogP contribution in [0.15, 0.2) is 0 Å². The molecule has 1 aliphatic carbocycles. The Kier molecular flexibility index (Phi) is 3.30. The number of rotatable bonds is 2. The normalized spacial score (nSPS) is 16.9. The Labute approximate surface area is 99.0 Å². The number of nitrogens with one attached hydrogen (secondary N) is 2. The van der Waals surface area contributed by atoms with E-state index in [1.54, 1.807) is 20.8 Å². The van der Waals surface area contributed by atoms with Gasteiger partial charge in [0.25, 0.3) is 5.91 Å². The lowest BCUT2D eigenvalue weighted by molar-refractivity contribution is -0.136. The highest BCUT2D eigenvalue weighted by molar-refractivity contribution is 6.07. The first kappa shape index (κ1) is 13.3. The standard InChI is InChI=1S/C10H17N3O4/c1-9(2,3)17-8(16)13-12-7(15)10(4-5-10)6(11)14/h4-5H2,1-3H3,(H2,11,14)(H,12,15)(H,13,16).